The van der Waals surface area contributed by atoms with E-state index in [4.69, 9.17) is 8.83 Å². The molecule has 0 unspecified atom stereocenters. The minimum Gasteiger partial charge on any atom is -0.467 e. The van der Waals surface area contributed by atoms with Gasteiger partial charge in [0.15, 0.2) is 5.58 Å². The molecular formula is C18H15N5O3. The van der Waals surface area contributed by atoms with Gasteiger partial charge in [0.05, 0.1) is 24.1 Å². The van der Waals surface area contributed by atoms with Gasteiger partial charge in [-0.1, -0.05) is 12.1 Å². The van der Waals surface area contributed by atoms with Gasteiger partial charge in [0.25, 0.3) is 5.91 Å². The Morgan fingerprint density at radius 3 is 2.81 bits per heavy atom. The van der Waals surface area contributed by atoms with Crippen molar-refractivity contribution >= 4 is 29.0 Å². The van der Waals surface area contributed by atoms with Gasteiger partial charge in [-0.15, -0.1) is 0 Å². The number of carbonyl (C=O) groups is 1. The van der Waals surface area contributed by atoms with E-state index in [1.54, 1.807) is 25.3 Å². The van der Waals surface area contributed by atoms with Crippen molar-refractivity contribution in [2.75, 3.05) is 5.32 Å². The number of aromatic nitrogens is 3. The van der Waals surface area contributed by atoms with E-state index in [1.807, 2.05) is 24.3 Å². The minimum absolute atomic E-state index is 0.271. The quantitative estimate of drug-likeness (QED) is 0.570. The predicted octanol–water partition coefficient (Wildman–Crippen LogP) is 3.19. The highest BCUT2D eigenvalue weighted by Gasteiger charge is 2.13. The maximum absolute atomic E-state index is 12.3. The lowest BCUT2D eigenvalue weighted by atomic mass is 10.2. The molecule has 130 valence electrons. The number of amides is 1. The molecule has 0 radical (unpaired) electrons. The number of aryl methyl sites for hydroxylation is 1. The third-order valence-electron chi connectivity index (χ3n) is 3.74. The summed E-state index contributed by atoms with van der Waals surface area (Å²) in [5, 5.41) is 5.67. The van der Waals surface area contributed by atoms with Crippen LogP contribution in [0.4, 0.5) is 12.0 Å². The first kappa shape index (κ1) is 15.8. The van der Waals surface area contributed by atoms with Gasteiger partial charge < -0.3 is 14.2 Å². The minimum atomic E-state index is -0.271. The number of rotatable bonds is 5. The first-order valence-electron chi connectivity index (χ1n) is 7.96. The van der Waals surface area contributed by atoms with Gasteiger partial charge in [-0.25, -0.2) is 9.97 Å². The molecule has 26 heavy (non-hydrogen) atoms. The van der Waals surface area contributed by atoms with Gasteiger partial charge in [0.2, 0.25) is 5.95 Å². The van der Waals surface area contributed by atoms with E-state index in [9.17, 15) is 4.79 Å². The Morgan fingerprint density at radius 1 is 1.15 bits per heavy atom. The van der Waals surface area contributed by atoms with Crippen molar-refractivity contribution in [2.45, 2.75) is 13.5 Å². The van der Waals surface area contributed by atoms with Gasteiger partial charge in [0, 0.05) is 6.20 Å². The van der Waals surface area contributed by atoms with Crippen LogP contribution in [0.15, 0.2) is 57.7 Å². The van der Waals surface area contributed by atoms with Crippen LogP contribution in [0.5, 0.6) is 0 Å². The van der Waals surface area contributed by atoms with Crippen LogP contribution < -0.4 is 10.6 Å². The number of furan rings is 1. The molecule has 1 aromatic carbocycles. The highest BCUT2D eigenvalue weighted by molar-refractivity contribution is 5.94. The summed E-state index contributed by atoms with van der Waals surface area (Å²) in [5.41, 5.74) is 2.33. The Hall–Kier alpha value is -3.68. The lowest BCUT2D eigenvalue weighted by Gasteiger charge is -2.07. The van der Waals surface area contributed by atoms with Gasteiger partial charge in [-0.2, -0.15) is 4.98 Å². The van der Waals surface area contributed by atoms with E-state index in [-0.39, 0.29) is 5.91 Å². The average molecular weight is 349 g/mol. The maximum atomic E-state index is 12.3. The summed E-state index contributed by atoms with van der Waals surface area (Å²) >= 11 is 0. The summed E-state index contributed by atoms with van der Waals surface area (Å²) in [6.45, 7) is 2.04. The molecule has 3 heterocycles. The number of nitrogens with one attached hydrogen (secondary N) is 2. The molecule has 0 aliphatic carbocycles. The van der Waals surface area contributed by atoms with Crippen molar-refractivity contribution in [1.29, 1.82) is 0 Å². The molecule has 8 nitrogen and oxygen atoms in total. The van der Waals surface area contributed by atoms with Gasteiger partial charge in [-0.05, 0) is 31.2 Å². The molecule has 3 aromatic heterocycles. The maximum Gasteiger partial charge on any atom is 0.302 e. The number of fused-ring (bicyclic) bond motifs is 1. The normalized spacial score (nSPS) is 10.8. The molecule has 4 rings (SSSR count). The molecule has 4 aromatic rings. The molecule has 0 aliphatic rings. The lowest BCUT2D eigenvalue weighted by molar-refractivity contribution is 0.0946. The summed E-state index contributed by atoms with van der Waals surface area (Å²) in [6.07, 6.45) is 3.02. The van der Waals surface area contributed by atoms with E-state index < -0.39 is 0 Å². The van der Waals surface area contributed by atoms with Gasteiger partial charge in [-0.3, -0.25) is 10.1 Å². The van der Waals surface area contributed by atoms with Crippen LogP contribution in [-0.4, -0.2) is 20.9 Å². The van der Waals surface area contributed by atoms with E-state index >= 15 is 0 Å². The van der Waals surface area contributed by atoms with Crippen LogP contribution in [-0.2, 0) is 6.54 Å². The summed E-state index contributed by atoms with van der Waals surface area (Å²) in [4.78, 5) is 25.0. The van der Waals surface area contributed by atoms with Crippen molar-refractivity contribution in [2.24, 2.45) is 0 Å². The highest BCUT2D eigenvalue weighted by atomic mass is 16.4. The zero-order chi connectivity index (χ0) is 17.9. The van der Waals surface area contributed by atoms with Crippen molar-refractivity contribution in [3.63, 3.8) is 0 Å². The standard InChI is InChI=1S/C18H15N5O3/c1-11-13(16(24)19-9-12-5-4-8-25-12)10-20-17(21-11)23-18-22-14-6-2-3-7-15(14)26-18/h2-8,10H,9H2,1H3,(H,19,24)(H,20,21,22,23). The molecule has 0 fully saturated rings. The van der Waals surface area contributed by atoms with Crippen LogP contribution in [0.1, 0.15) is 21.8 Å². The molecule has 8 heteroatoms. The third kappa shape index (κ3) is 3.25. The van der Waals surface area contributed by atoms with Crippen LogP contribution in [0.25, 0.3) is 11.1 Å². The predicted molar refractivity (Wildman–Crippen MR) is 93.9 cm³/mol. The Kier molecular flexibility index (Phi) is 4.06. The van der Waals surface area contributed by atoms with E-state index in [0.29, 0.717) is 41.1 Å². The fourth-order valence-corrected chi connectivity index (χ4v) is 2.45. The summed E-state index contributed by atoms with van der Waals surface area (Å²) < 4.78 is 10.8. The van der Waals surface area contributed by atoms with Crippen LogP contribution in [0, 0.1) is 6.92 Å². The number of oxazole rings is 1. The first-order valence-corrected chi connectivity index (χ1v) is 7.96. The van der Waals surface area contributed by atoms with Gasteiger partial charge >= 0.3 is 6.01 Å². The molecule has 0 aliphatic heterocycles. The number of hydrogen-bond donors (Lipinski definition) is 2. The molecular weight excluding hydrogens is 334 g/mol. The van der Waals surface area contributed by atoms with Crippen molar-refractivity contribution in [1.82, 2.24) is 20.3 Å². The van der Waals surface area contributed by atoms with Crippen molar-refractivity contribution in [3.05, 3.63) is 65.9 Å². The first-order chi connectivity index (χ1) is 12.7. The van der Waals surface area contributed by atoms with Crippen molar-refractivity contribution in [3.8, 4) is 0 Å². The smallest absolute Gasteiger partial charge is 0.302 e. The molecule has 0 spiro atoms. The van der Waals surface area contributed by atoms with Crippen molar-refractivity contribution < 1.29 is 13.6 Å². The number of para-hydroxylation sites is 2. The van der Waals surface area contributed by atoms with Crippen LogP contribution in [0.3, 0.4) is 0 Å². The second-order valence-corrected chi connectivity index (χ2v) is 5.57. The Morgan fingerprint density at radius 2 is 2.04 bits per heavy atom. The third-order valence-corrected chi connectivity index (χ3v) is 3.74. The van der Waals surface area contributed by atoms with Crippen LogP contribution in [0.2, 0.25) is 0 Å². The Labute approximate surface area is 148 Å². The SMILES string of the molecule is Cc1nc(Nc2nc3ccccc3o2)ncc1C(=O)NCc1ccco1. The van der Waals surface area contributed by atoms with Crippen LogP contribution >= 0.6 is 0 Å². The summed E-state index contributed by atoms with van der Waals surface area (Å²) in [6, 6.07) is 11.3. The topological polar surface area (TPSA) is 106 Å². The van der Waals surface area contributed by atoms with E-state index in [2.05, 4.69) is 25.6 Å². The number of nitrogens with zero attached hydrogens (tertiary/aromatic N) is 3. The fourth-order valence-electron chi connectivity index (χ4n) is 2.45. The highest BCUT2D eigenvalue weighted by Crippen LogP contribution is 2.20. The Balaban J connectivity index is 1.47. The zero-order valence-corrected chi connectivity index (χ0v) is 13.9. The summed E-state index contributed by atoms with van der Waals surface area (Å²) in [5.74, 6) is 0.704. The number of hydrogen-bond acceptors (Lipinski definition) is 7. The second-order valence-electron chi connectivity index (χ2n) is 5.57. The molecule has 2 N–H and O–H groups in total. The fraction of sp³-hybridized carbons (Fsp3) is 0.111. The lowest BCUT2D eigenvalue weighted by Crippen LogP contribution is -2.24. The number of carbonyl (C=O) groups excluding carboxylic acids is 1. The molecule has 0 saturated heterocycles. The molecule has 0 saturated carbocycles. The average Bonchev–Trinajstić information content (AvgIpc) is 3.28. The van der Waals surface area contributed by atoms with Gasteiger partial charge in [0.1, 0.15) is 11.3 Å². The molecule has 0 bridgehead atoms. The molecule has 1 amide bonds. The zero-order valence-electron chi connectivity index (χ0n) is 13.9. The van der Waals surface area contributed by atoms with E-state index in [1.165, 1.54) is 6.20 Å². The second kappa shape index (κ2) is 6.67. The summed E-state index contributed by atoms with van der Waals surface area (Å²) in [7, 11) is 0. The monoisotopic (exact) mass is 349 g/mol. The number of anilines is 2. The molecule has 0 atom stereocenters. The number of benzene rings is 1. The largest absolute Gasteiger partial charge is 0.467 e. The van der Waals surface area contributed by atoms with E-state index in [0.717, 1.165) is 5.52 Å². The Bertz CT molecular complexity index is 1020.